The van der Waals surface area contributed by atoms with Crippen molar-refractivity contribution < 1.29 is 5.11 Å². The van der Waals surface area contributed by atoms with Crippen LogP contribution in [0.1, 0.15) is 11.3 Å². The molecule has 0 spiro atoms. The summed E-state index contributed by atoms with van der Waals surface area (Å²) in [5, 5.41) is 9.05. The average molecular weight is 228 g/mol. The molecule has 0 saturated heterocycles. The normalized spacial score (nSPS) is 10.2. The van der Waals surface area contributed by atoms with Crippen LogP contribution >= 0.6 is 0 Å². The van der Waals surface area contributed by atoms with Gasteiger partial charge in [-0.1, -0.05) is 36.4 Å². The monoisotopic (exact) mass is 228 g/mol. The summed E-state index contributed by atoms with van der Waals surface area (Å²) in [6.07, 6.45) is 0. The topological polar surface area (TPSA) is 36.4 Å². The number of hydrogen-bond acceptors (Lipinski definition) is 3. The van der Waals surface area contributed by atoms with Crippen LogP contribution < -0.4 is 4.90 Å². The van der Waals surface area contributed by atoms with Crippen LogP contribution in [-0.2, 0) is 13.2 Å². The SMILES string of the molecule is CN(Cc1ccccc1)c1cccc(CO)n1. The molecule has 1 aromatic carbocycles. The minimum atomic E-state index is -0.0208. The molecule has 1 N–H and O–H groups in total. The minimum Gasteiger partial charge on any atom is -0.390 e. The van der Waals surface area contributed by atoms with E-state index in [0.717, 1.165) is 12.4 Å². The first-order valence-corrected chi connectivity index (χ1v) is 5.61. The second kappa shape index (κ2) is 5.46. The zero-order chi connectivity index (χ0) is 12.1. The number of benzene rings is 1. The lowest BCUT2D eigenvalue weighted by Crippen LogP contribution is -2.18. The summed E-state index contributed by atoms with van der Waals surface area (Å²) in [7, 11) is 2.00. The molecule has 17 heavy (non-hydrogen) atoms. The Morgan fingerprint density at radius 1 is 1.06 bits per heavy atom. The number of anilines is 1. The van der Waals surface area contributed by atoms with Crippen LogP contribution in [0.2, 0.25) is 0 Å². The summed E-state index contributed by atoms with van der Waals surface area (Å²) >= 11 is 0. The summed E-state index contributed by atoms with van der Waals surface area (Å²) < 4.78 is 0. The molecular formula is C14H16N2O. The van der Waals surface area contributed by atoms with Gasteiger partial charge in [-0.15, -0.1) is 0 Å². The van der Waals surface area contributed by atoms with Gasteiger partial charge in [0, 0.05) is 13.6 Å². The highest BCUT2D eigenvalue weighted by Gasteiger charge is 2.03. The van der Waals surface area contributed by atoms with Crippen LogP contribution in [-0.4, -0.2) is 17.1 Å². The van der Waals surface area contributed by atoms with Gasteiger partial charge in [-0.2, -0.15) is 0 Å². The summed E-state index contributed by atoms with van der Waals surface area (Å²) in [6.45, 7) is 0.787. The predicted octanol–water partition coefficient (Wildman–Crippen LogP) is 2.21. The van der Waals surface area contributed by atoms with Crippen molar-refractivity contribution in [2.24, 2.45) is 0 Å². The molecule has 0 aliphatic heterocycles. The van der Waals surface area contributed by atoms with Crippen molar-refractivity contribution in [3.63, 3.8) is 0 Å². The van der Waals surface area contributed by atoms with E-state index in [1.807, 2.05) is 43.4 Å². The van der Waals surface area contributed by atoms with Gasteiger partial charge in [-0.25, -0.2) is 4.98 Å². The van der Waals surface area contributed by atoms with Gasteiger partial charge in [0.05, 0.1) is 12.3 Å². The first kappa shape index (κ1) is 11.6. The Kier molecular flexibility index (Phi) is 3.73. The first-order valence-electron chi connectivity index (χ1n) is 5.61. The number of aliphatic hydroxyl groups is 1. The fraction of sp³-hybridized carbons (Fsp3) is 0.214. The highest BCUT2D eigenvalue weighted by molar-refractivity contribution is 5.39. The number of hydrogen-bond donors (Lipinski definition) is 1. The second-order valence-corrected chi connectivity index (χ2v) is 3.99. The fourth-order valence-electron chi connectivity index (χ4n) is 1.71. The van der Waals surface area contributed by atoms with Crippen molar-refractivity contribution in [1.29, 1.82) is 0 Å². The summed E-state index contributed by atoms with van der Waals surface area (Å²) in [6, 6.07) is 15.9. The predicted molar refractivity (Wildman–Crippen MR) is 68.7 cm³/mol. The van der Waals surface area contributed by atoms with Crippen molar-refractivity contribution in [2.75, 3.05) is 11.9 Å². The number of nitrogens with zero attached hydrogens (tertiary/aromatic N) is 2. The van der Waals surface area contributed by atoms with Crippen LogP contribution in [0.25, 0.3) is 0 Å². The van der Waals surface area contributed by atoms with E-state index in [0.29, 0.717) is 5.69 Å². The Bertz CT molecular complexity index is 471. The third-order valence-corrected chi connectivity index (χ3v) is 2.61. The van der Waals surface area contributed by atoms with Gasteiger partial charge in [-0.05, 0) is 17.7 Å². The number of pyridine rings is 1. The van der Waals surface area contributed by atoms with Crippen molar-refractivity contribution in [3.05, 3.63) is 59.8 Å². The standard InChI is InChI=1S/C14H16N2O/c1-16(10-12-6-3-2-4-7-12)14-9-5-8-13(11-17)15-14/h2-9,17H,10-11H2,1H3. The Morgan fingerprint density at radius 2 is 1.82 bits per heavy atom. The van der Waals surface area contributed by atoms with Crippen LogP contribution in [0.15, 0.2) is 48.5 Å². The molecule has 1 aromatic heterocycles. The third kappa shape index (κ3) is 3.04. The molecule has 0 aliphatic rings. The third-order valence-electron chi connectivity index (χ3n) is 2.61. The lowest BCUT2D eigenvalue weighted by molar-refractivity contribution is 0.277. The van der Waals surface area contributed by atoms with E-state index in [-0.39, 0.29) is 6.61 Å². The van der Waals surface area contributed by atoms with Gasteiger partial charge in [0.25, 0.3) is 0 Å². The van der Waals surface area contributed by atoms with Crippen molar-refractivity contribution >= 4 is 5.82 Å². The fourth-order valence-corrected chi connectivity index (χ4v) is 1.71. The molecule has 0 aliphatic carbocycles. The lowest BCUT2D eigenvalue weighted by atomic mass is 10.2. The summed E-state index contributed by atoms with van der Waals surface area (Å²) in [5.74, 6) is 0.875. The average Bonchev–Trinajstić information content (AvgIpc) is 2.40. The maximum atomic E-state index is 9.05. The second-order valence-electron chi connectivity index (χ2n) is 3.99. The van der Waals surface area contributed by atoms with E-state index < -0.39 is 0 Å². The molecule has 2 rings (SSSR count). The number of aromatic nitrogens is 1. The maximum Gasteiger partial charge on any atom is 0.128 e. The Balaban J connectivity index is 2.11. The van der Waals surface area contributed by atoms with Crippen molar-refractivity contribution in [1.82, 2.24) is 4.98 Å². The summed E-state index contributed by atoms with van der Waals surface area (Å²) in [5.41, 5.74) is 1.94. The lowest BCUT2D eigenvalue weighted by Gasteiger charge is -2.18. The van der Waals surface area contributed by atoms with E-state index in [1.54, 1.807) is 0 Å². The maximum absolute atomic E-state index is 9.05. The van der Waals surface area contributed by atoms with Crippen LogP contribution in [0.5, 0.6) is 0 Å². The van der Waals surface area contributed by atoms with E-state index in [2.05, 4.69) is 22.0 Å². The summed E-state index contributed by atoms with van der Waals surface area (Å²) in [4.78, 5) is 6.43. The molecule has 0 fully saturated rings. The molecule has 0 saturated carbocycles. The minimum absolute atomic E-state index is 0.0208. The molecule has 2 aromatic rings. The molecule has 0 amide bonds. The van der Waals surface area contributed by atoms with Gasteiger partial charge in [0.1, 0.15) is 5.82 Å². The largest absolute Gasteiger partial charge is 0.390 e. The molecule has 3 heteroatoms. The Morgan fingerprint density at radius 3 is 2.53 bits per heavy atom. The molecule has 0 radical (unpaired) electrons. The Labute approximate surface area is 101 Å². The molecule has 0 bridgehead atoms. The van der Waals surface area contributed by atoms with E-state index in [4.69, 9.17) is 5.11 Å². The molecular weight excluding hydrogens is 212 g/mol. The molecule has 88 valence electrons. The molecule has 1 heterocycles. The van der Waals surface area contributed by atoms with Gasteiger partial charge in [0.2, 0.25) is 0 Å². The molecule has 0 atom stereocenters. The van der Waals surface area contributed by atoms with Gasteiger partial charge >= 0.3 is 0 Å². The smallest absolute Gasteiger partial charge is 0.128 e. The number of rotatable bonds is 4. The van der Waals surface area contributed by atoms with E-state index >= 15 is 0 Å². The highest BCUT2D eigenvalue weighted by Crippen LogP contribution is 2.13. The van der Waals surface area contributed by atoms with Crippen LogP contribution in [0.3, 0.4) is 0 Å². The van der Waals surface area contributed by atoms with Crippen molar-refractivity contribution in [3.8, 4) is 0 Å². The zero-order valence-corrected chi connectivity index (χ0v) is 9.87. The number of aliphatic hydroxyl groups excluding tert-OH is 1. The van der Waals surface area contributed by atoms with Gasteiger partial charge in [0.15, 0.2) is 0 Å². The van der Waals surface area contributed by atoms with Gasteiger partial charge in [-0.3, -0.25) is 0 Å². The van der Waals surface area contributed by atoms with Crippen molar-refractivity contribution in [2.45, 2.75) is 13.2 Å². The molecule has 0 unspecified atom stereocenters. The first-order chi connectivity index (χ1) is 8.29. The Hall–Kier alpha value is -1.87. The van der Waals surface area contributed by atoms with Gasteiger partial charge < -0.3 is 10.0 Å². The van der Waals surface area contributed by atoms with Crippen LogP contribution in [0, 0.1) is 0 Å². The van der Waals surface area contributed by atoms with E-state index in [1.165, 1.54) is 5.56 Å². The molecule has 3 nitrogen and oxygen atoms in total. The highest BCUT2D eigenvalue weighted by atomic mass is 16.3. The quantitative estimate of drug-likeness (QED) is 0.871. The van der Waals surface area contributed by atoms with E-state index in [9.17, 15) is 0 Å². The van der Waals surface area contributed by atoms with Crippen LogP contribution in [0.4, 0.5) is 5.82 Å². The zero-order valence-electron chi connectivity index (χ0n) is 9.87.